The van der Waals surface area contributed by atoms with Crippen LogP contribution in [-0.4, -0.2) is 27.1 Å². The Kier molecular flexibility index (Phi) is 4.62. The molecule has 5 aromatic rings. The van der Waals surface area contributed by atoms with Crippen LogP contribution in [0.1, 0.15) is 5.69 Å². The van der Waals surface area contributed by atoms with Crippen LogP contribution in [0.2, 0.25) is 0 Å². The van der Waals surface area contributed by atoms with Crippen LogP contribution in [0, 0.1) is 6.57 Å². The average Bonchev–Trinajstić information content (AvgIpc) is 3.37. The van der Waals surface area contributed by atoms with E-state index in [-0.39, 0.29) is 6.54 Å². The van der Waals surface area contributed by atoms with Crippen molar-refractivity contribution in [3.8, 4) is 27.6 Å². The summed E-state index contributed by atoms with van der Waals surface area (Å²) in [6, 6.07) is 14.0. The predicted molar refractivity (Wildman–Crippen MR) is 123 cm³/mol. The van der Waals surface area contributed by atoms with Gasteiger partial charge in [-0.05, 0) is 29.1 Å². The topological polar surface area (TPSA) is 83.2 Å². The first kappa shape index (κ1) is 19.2. The Balaban J connectivity index is 1.77. The number of nitrogens with zero attached hydrogens (tertiary/aromatic N) is 5. The van der Waals surface area contributed by atoms with Gasteiger partial charge in [0.25, 0.3) is 0 Å². The van der Waals surface area contributed by atoms with E-state index >= 15 is 0 Å². The summed E-state index contributed by atoms with van der Waals surface area (Å²) in [5.74, 6) is 0.463. The lowest BCUT2D eigenvalue weighted by Crippen LogP contribution is -2.04. The predicted octanol–water partition coefficient (Wildman–Crippen LogP) is 4.93. The molecule has 0 saturated heterocycles. The fourth-order valence-electron chi connectivity index (χ4n) is 3.87. The summed E-state index contributed by atoms with van der Waals surface area (Å²) in [5.41, 5.74) is 10.1. The van der Waals surface area contributed by atoms with Crippen molar-refractivity contribution < 1.29 is 4.74 Å². The number of nitrogens with two attached hydrogens (primary N) is 1. The van der Waals surface area contributed by atoms with Crippen LogP contribution in [-0.2, 0) is 13.6 Å². The fourth-order valence-corrected chi connectivity index (χ4v) is 5.11. The molecule has 7 nitrogen and oxygen atoms in total. The van der Waals surface area contributed by atoms with E-state index in [1.54, 1.807) is 18.4 Å². The lowest BCUT2D eigenvalue weighted by molar-refractivity contribution is 0.397. The number of methoxy groups -OCH3 is 1. The standard InChI is InChI=1S/C23H18N6OS/c1-25-20-15-6-4-5-7-19(15)31-22(20)21-17(12-26-29(21)2)13-8-9-14-16(10-13)18(11-24)27-28-23(14)30-3/h4-10,12H,11,24H2,2-3H3. The van der Waals surface area contributed by atoms with Crippen LogP contribution in [0.3, 0.4) is 0 Å². The second kappa shape index (κ2) is 7.47. The molecule has 0 amide bonds. The van der Waals surface area contributed by atoms with Gasteiger partial charge in [-0.3, -0.25) is 4.68 Å². The smallest absolute Gasteiger partial charge is 0.241 e. The van der Waals surface area contributed by atoms with Crippen LogP contribution in [0.4, 0.5) is 5.69 Å². The van der Waals surface area contributed by atoms with Crippen molar-refractivity contribution in [2.75, 3.05) is 7.11 Å². The number of thiophene rings is 1. The Morgan fingerprint density at radius 2 is 1.97 bits per heavy atom. The maximum absolute atomic E-state index is 7.80. The van der Waals surface area contributed by atoms with Gasteiger partial charge in [0.05, 0.1) is 36.1 Å². The number of hydrogen-bond acceptors (Lipinski definition) is 6. The van der Waals surface area contributed by atoms with Gasteiger partial charge in [-0.15, -0.1) is 21.5 Å². The summed E-state index contributed by atoms with van der Waals surface area (Å²) in [7, 11) is 3.48. The van der Waals surface area contributed by atoms with Crippen molar-refractivity contribution in [3.05, 3.63) is 65.8 Å². The second-order valence-corrected chi connectivity index (χ2v) is 8.09. The Bertz CT molecular complexity index is 1490. The highest BCUT2D eigenvalue weighted by Crippen LogP contribution is 2.47. The number of fused-ring (bicyclic) bond motifs is 2. The zero-order valence-electron chi connectivity index (χ0n) is 17.0. The van der Waals surface area contributed by atoms with Gasteiger partial charge >= 0.3 is 0 Å². The Morgan fingerprint density at radius 3 is 2.74 bits per heavy atom. The van der Waals surface area contributed by atoms with Gasteiger partial charge in [0.15, 0.2) is 0 Å². The largest absolute Gasteiger partial charge is 0.479 e. The minimum absolute atomic E-state index is 0.273. The van der Waals surface area contributed by atoms with Crippen molar-refractivity contribution >= 4 is 37.9 Å². The monoisotopic (exact) mass is 426 g/mol. The van der Waals surface area contributed by atoms with E-state index in [1.165, 1.54) is 0 Å². The van der Waals surface area contributed by atoms with E-state index in [0.29, 0.717) is 17.3 Å². The molecule has 3 aromatic heterocycles. The third kappa shape index (κ3) is 2.94. The van der Waals surface area contributed by atoms with E-state index in [1.807, 2.05) is 60.4 Å². The summed E-state index contributed by atoms with van der Waals surface area (Å²) < 4.78 is 8.28. The number of benzene rings is 2. The van der Waals surface area contributed by atoms with Crippen molar-refractivity contribution in [1.29, 1.82) is 0 Å². The molecule has 3 heterocycles. The molecule has 0 aliphatic carbocycles. The van der Waals surface area contributed by atoms with E-state index in [2.05, 4.69) is 20.1 Å². The van der Waals surface area contributed by atoms with Crippen molar-refractivity contribution in [3.63, 3.8) is 0 Å². The number of hydrogen-bond donors (Lipinski definition) is 1. The van der Waals surface area contributed by atoms with Crippen LogP contribution < -0.4 is 10.5 Å². The van der Waals surface area contributed by atoms with Gasteiger partial charge in [0, 0.05) is 34.6 Å². The van der Waals surface area contributed by atoms with Gasteiger partial charge in [-0.2, -0.15) is 5.10 Å². The summed E-state index contributed by atoms with van der Waals surface area (Å²) in [5, 5.41) is 15.6. The summed E-state index contributed by atoms with van der Waals surface area (Å²) in [6.45, 7) is 8.07. The SMILES string of the molecule is [C-]#[N+]c1c(-c2c(-c3ccc4c(OC)nnc(CN)c4c3)cnn2C)sc2ccccc12. The molecule has 0 saturated carbocycles. The number of aryl methyl sites for hydroxylation is 1. The summed E-state index contributed by atoms with van der Waals surface area (Å²) in [4.78, 5) is 4.77. The Labute approximate surface area is 182 Å². The van der Waals surface area contributed by atoms with Crippen molar-refractivity contribution in [2.24, 2.45) is 12.8 Å². The molecular formula is C23H18N6OS. The maximum Gasteiger partial charge on any atom is 0.241 e. The van der Waals surface area contributed by atoms with Gasteiger partial charge in [-0.25, -0.2) is 4.85 Å². The highest BCUT2D eigenvalue weighted by molar-refractivity contribution is 7.23. The van der Waals surface area contributed by atoms with Gasteiger partial charge < -0.3 is 10.5 Å². The molecule has 0 fully saturated rings. The molecule has 0 bridgehead atoms. The molecule has 5 rings (SSSR count). The van der Waals surface area contributed by atoms with Crippen molar-refractivity contribution in [2.45, 2.75) is 6.54 Å². The lowest BCUT2D eigenvalue weighted by Gasteiger charge is -2.10. The number of rotatable bonds is 4. The molecular weight excluding hydrogens is 408 g/mol. The van der Waals surface area contributed by atoms with Gasteiger partial charge in [0.2, 0.25) is 11.6 Å². The molecule has 0 spiro atoms. The fraction of sp³-hybridized carbons (Fsp3) is 0.130. The average molecular weight is 427 g/mol. The van der Waals surface area contributed by atoms with E-state index in [9.17, 15) is 0 Å². The van der Waals surface area contributed by atoms with E-state index < -0.39 is 0 Å². The van der Waals surface area contributed by atoms with E-state index in [0.717, 1.165) is 42.6 Å². The zero-order valence-corrected chi connectivity index (χ0v) is 17.8. The molecule has 31 heavy (non-hydrogen) atoms. The maximum atomic E-state index is 7.80. The van der Waals surface area contributed by atoms with Crippen LogP contribution in [0.5, 0.6) is 5.88 Å². The summed E-state index contributed by atoms with van der Waals surface area (Å²) >= 11 is 1.61. The quantitative estimate of drug-likeness (QED) is 0.412. The molecule has 8 heteroatoms. The first-order valence-electron chi connectivity index (χ1n) is 9.61. The Hall–Kier alpha value is -3.80. The molecule has 0 aliphatic rings. The lowest BCUT2D eigenvalue weighted by atomic mass is 10.0. The number of aromatic nitrogens is 4. The second-order valence-electron chi connectivity index (χ2n) is 7.04. The highest BCUT2D eigenvalue weighted by Gasteiger charge is 2.21. The third-order valence-electron chi connectivity index (χ3n) is 5.36. The van der Waals surface area contributed by atoms with Crippen LogP contribution in [0.15, 0.2) is 48.7 Å². The molecule has 152 valence electrons. The molecule has 0 unspecified atom stereocenters. The third-order valence-corrected chi connectivity index (χ3v) is 6.52. The molecule has 2 N–H and O–H groups in total. The molecule has 0 radical (unpaired) electrons. The van der Waals surface area contributed by atoms with E-state index in [4.69, 9.17) is 17.0 Å². The first-order chi connectivity index (χ1) is 15.2. The Morgan fingerprint density at radius 1 is 1.13 bits per heavy atom. The molecule has 0 aliphatic heterocycles. The number of ether oxygens (including phenoxy) is 1. The zero-order chi connectivity index (χ0) is 21.5. The van der Waals surface area contributed by atoms with Crippen LogP contribution in [0.25, 0.3) is 47.4 Å². The van der Waals surface area contributed by atoms with Gasteiger partial charge in [0.1, 0.15) is 0 Å². The highest BCUT2D eigenvalue weighted by atomic mass is 32.1. The normalized spacial score (nSPS) is 11.2. The van der Waals surface area contributed by atoms with Gasteiger partial charge in [-0.1, -0.05) is 24.3 Å². The minimum Gasteiger partial charge on any atom is -0.479 e. The van der Waals surface area contributed by atoms with Crippen LogP contribution >= 0.6 is 11.3 Å². The first-order valence-corrected chi connectivity index (χ1v) is 10.4. The summed E-state index contributed by atoms with van der Waals surface area (Å²) in [6.07, 6.45) is 1.84. The van der Waals surface area contributed by atoms with Crippen molar-refractivity contribution in [1.82, 2.24) is 20.0 Å². The minimum atomic E-state index is 0.273. The molecule has 2 aromatic carbocycles. The molecule has 0 atom stereocenters.